The summed E-state index contributed by atoms with van der Waals surface area (Å²) in [5.74, 6) is 1.12. The van der Waals surface area contributed by atoms with Gasteiger partial charge in [0.05, 0.1) is 6.54 Å². The Balaban J connectivity index is 1.58. The number of fused-ring (bicyclic) bond motifs is 1. The molecule has 0 bridgehead atoms. The molecule has 0 aliphatic carbocycles. The van der Waals surface area contributed by atoms with Crippen LogP contribution in [0.5, 0.6) is 0 Å². The SMILES string of the molecule is c1nc2n(n1)C[C@@H](NCc1ccsc1)CC2. The maximum atomic E-state index is 4.23. The molecule has 16 heavy (non-hydrogen) atoms. The van der Waals surface area contributed by atoms with Crippen LogP contribution in [0.4, 0.5) is 0 Å². The first-order valence-electron chi connectivity index (χ1n) is 5.53. The van der Waals surface area contributed by atoms with Crippen LogP contribution >= 0.6 is 11.3 Å². The molecule has 0 amide bonds. The predicted molar refractivity (Wildman–Crippen MR) is 63.3 cm³/mol. The molecule has 84 valence electrons. The third-order valence-electron chi connectivity index (χ3n) is 2.98. The molecule has 3 rings (SSSR count). The summed E-state index contributed by atoms with van der Waals surface area (Å²) in [7, 11) is 0. The Morgan fingerprint density at radius 1 is 1.56 bits per heavy atom. The highest BCUT2D eigenvalue weighted by Crippen LogP contribution is 2.12. The van der Waals surface area contributed by atoms with Gasteiger partial charge in [0.25, 0.3) is 0 Å². The summed E-state index contributed by atoms with van der Waals surface area (Å²) >= 11 is 1.75. The fourth-order valence-corrected chi connectivity index (χ4v) is 2.73. The van der Waals surface area contributed by atoms with Crippen molar-refractivity contribution in [3.05, 3.63) is 34.5 Å². The van der Waals surface area contributed by atoms with Gasteiger partial charge in [-0.25, -0.2) is 9.67 Å². The molecule has 3 heterocycles. The highest BCUT2D eigenvalue weighted by molar-refractivity contribution is 7.07. The standard InChI is InChI=1S/C11H14N4S/c1-2-11-13-8-14-15(11)6-10(1)12-5-9-3-4-16-7-9/h3-4,7-8,10,12H,1-2,5-6H2/t10-/m0/s1. The van der Waals surface area contributed by atoms with Crippen molar-refractivity contribution in [1.82, 2.24) is 20.1 Å². The van der Waals surface area contributed by atoms with E-state index in [0.29, 0.717) is 6.04 Å². The molecular formula is C11H14N4S. The number of nitrogens with one attached hydrogen (secondary N) is 1. The third-order valence-corrected chi connectivity index (χ3v) is 3.71. The van der Waals surface area contributed by atoms with Crippen molar-refractivity contribution in [2.75, 3.05) is 0 Å². The average Bonchev–Trinajstić information content (AvgIpc) is 2.97. The van der Waals surface area contributed by atoms with Gasteiger partial charge in [-0.3, -0.25) is 0 Å². The van der Waals surface area contributed by atoms with E-state index in [9.17, 15) is 0 Å². The van der Waals surface area contributed by atoms with E-state index in [4.69, 9.17) is 0 Å². The summed E-state index contributed by atoms with van der Waals surface area (Å²) in [6.07, 6.45) is 3.83. The Labute approximate surface area is 98.3 Å². The van der Waals surface area contributed by atoms with Crippen LogP contribution in [0.3, 0.4) is 0 Å². The quantitative estimate of drug-likeness (QED) is 0.874. The van der Waals surface area contributed by atoms with E-state index in [1.54, 1.807) is 17.7 Å². The zero-order chi connectivity index (χ0) is 10.8. The Bertz CT molecular complexity index is 448. The second kappa shape index (κ2) is 4.35. The van der Waals surface area contributed by atoms with E-state index in [2.05, 4.69) is 32.2 Å². The first kappa shape index (κ1) is 9.99. The van der Waals surface area contributed by atoms with Gasteiger partial charge in [-0.2, -0.15) is 16.4 Å². The minimum absolute atomic E-state index is 0.522. The summed E-state index contributed by atoms with van der Waals surface area (Å²) in [5.41, 5.74) is 1.37. The van der Waals surface area contributed by atoms with Crippen LogP contribution in [0.1, 0.15) is 17.8 Å². The first-order chi connectivity index (χ1) is 7.92. The minimum Gasteiger partial charge on any atom is -0.308 e. The summed E-state index contributed by atoms with van der Waals surface area (Å²) in [4.78, 5) is 4.23. The molecule has 5 heteroatoms. The van der Waals surface area contributed by atoms with Crippen LogP contribution in [0, 0.1) is 0 Å². The van der Waals surface area contributed by atoms with Crippen LogP contribution < -0.4 is 5.32 Å². The normalized spacial score (nSPS) is 19.6. The Kier molecular flexibility index (Phi) is 2.71. The molecule has 0 spiro atoms. The third kappa shape index (κ3) is 2.01. The smallest absolute Gasteiger partial charge is 0.138 e. The molecule has 0 aromatic carbocycles. The van der Waals surface area contributed by atoms with Crippen molar-refractivity contribution in [3.8, 4) is 0 Å². The number of rotatable bonds is 3. The number of hydrogen-bond donors (Lipinski definition) is 1. The summed E-state index contributed by atoms with van der Waals surface area (Å²) in [6, 6.07) is 2.69. The molecule has 1 aliphatic rings. The second-order valence-electron chi connectivity index (χ2n) is 4.11. The molecule has 0 fully saturated rings. The van der Waals surface area contributed by atoms with Crippen molar-refractivity contribution in [2.24, 2.45) is 0 Å². The lowest BCUT2D eigenvalue weighted by atomic mass is 10.1. The number of aromatic nitrogens is 3. The lowest BCUT2D eigenvalue weighted by Gasteiger charge is -2.23. The topological polar surface area (TPSA) is 42.7 Å². The van der Waals surface area contributed by atoms with Gasteiger partial charge in [-0.1, -0.05) is 0 Å². The lowest BCUT2D eigenvalue weighted by Crippen LogP contribution is -2.37. The van der Waals surface area contributed by atoms with E-state index in [1.807, 2.05) is 4.68 Å². The molecule has 0 saturated carbocycles. The maximum absolute atomic E-state index is 4.23. The largest absolute Gasteiger partial charge is 0.308 e. The summed E-state index contributed by atoms with van der Waals surface area (Å²) in [5, 5.41) is 12.1. The van der Waals surface area contributed by atoms with Gasteiger partial charge in [-0.15, -0.1) is 0 Å². The van der Waals surface area contributed by atoms with Gasteiger partial charge in [0.2, 0.25) is 0 Å². The highest BCUT2D eigenvalue weighted by atomic mass is 32.1. The molecule has 1 atom stereocenters. The summed E-state index contributed by atoms with van der Waals surface area (Å²) in [6.45, 7) is 1.90. The molecule has 0 saturated heterocycles. The predicted octanol–water partition coefficient (Wildman–Crippen LogP) is 1.44. The Hall–Kier alpha value is -1.20. The fourth-order valence-electron chi connectivity index (χ4n) is 2.06. The van der Waals surface area contributed by atoms with Crippen LogP contribution in [0.2, 0.25) is 0 Å². The van der Waals surface area contributed by atoms with Crippen molar-refractivity contribution >= 4 is 11.3 Å². The van der Waals surface area contributed by atoms with Crippen LogP contribution in [0.25, 0.3) is 0 Å². The second-order valence-corrected chi connectivity index (χ2v) is 4.89. The monoisotopic (exact) mass is 234 g/mol. The maximum Gasteiger partial charge on any atom is 0.138 e. The molecule has 2 aromatic heterocycles. The lowest BCUT2D eigenvalue weighted by molar-refractivity contribution is 0.358. The fraction of sp³-hybridized carbons (Fsp3) is 0.455. The zero-order valence-electron chi connectivity index (χ0n) is 8.97. The van der Waals surface area contributed by atoms with Crippen molar-refractivity contribution in [1.29, 1.82) is 0 Å². The van der Waals surface area contributed by atoms with E-state index in [1.165, 1.54) is 5.56 Å². The molecule has 0 radical (unpaired) electrons. The molecule has 4 nitrogen and oxygen atoms in total. The van der Waals surface area contributed by atoms with Gasteiger partial charge >= 0.3 is 0 Å². The Morgan fingerprint density at radius 2 is 2.56 bits per heavy atom. The molecular weight excluding hydrogens is 220 g/mol. The van der Waals surface area contributed by atoms with Gasteiger partial charge in [0.1, 0.15) is 12.2 Å². The van der Waals surface area contributed by atoms with E-state index >= 15 is 0 Å². The molecule has 2 aromatic rings. The van der Waals surface area contributed by atoms with Crippen molar-refractivity contribution in [2.45, 2.75) is 32.0 Å². The average molecular weight is 234 g/mol. The molecule has 1 N–H and O–H groups in total. The van der Waals surface area contributed by atoms with Gasteiger partial charge in [0.15, 0.2) is 0 Å². The number of thiophene rings is 1. The van der Waals surface area contributed by atoms with Crippen LogP contribution in [0.15, 0.2) is 23.2 Å². The molecule has 0 unspecified atom stereocenters. The number of nitrogens with zero attached hydrogens (tertiary/aromatic N) is 3. The van der Waals surface area contributed by atoms with Crippen LogP contribution in [-0.2, 0) is 19.5 Å². The van der Waals surface area contributed by atoms with Crippen LogP contribution in [-0.4, -0.2) is 20.8 Å². The van der Waals surface area contributed by atoms with Gasteiger partial charge in [-0.05, 0) is 28.8 Å². The molecule has 1 aliphatic heterocycles. The van der Waals surface area contributed by atoms with Crippen molar-refractivity contribution in [3.63, 3.8) is 0 Å². The van der Waals surface area contributed by atoms with E-state index in [-0.39, 0.29) is 0 Å². The number of hydrogen-bond acceptors (Lipinski definition) is 4. The Morgan fingerprint density at radius 3 is 3.44 bits per heavy atom. The van der Waals surface area contributed by atoms with Gasteiger partial charge in [0, 0.05) is 19.0 Å². The van der Waals surface area contributed by atoms with Crippen molar-refractivity contribution < 1.29 is 0 Å². The van der Waals surface area contributed by atoms with E-state index in [0.717, 1.165) is 31.8 Å². The zero-order valence-corrected chi connectivity index (χ0v) is 9.78. The highest BCUT2D eigenvalue weighted by Gasteiger charge is 2.18. The minimum atomic E-state index is 0.522. The van der Waals surface area contributed by atoms with E-state index < -0.39 is 0 Å². The summed E-state index contributed by atoms with van der Waals surface area (Å²) < 4.78 is 2.01. The first-order valence-corrected chi connectivity index (χ1v) is 6.47. The van der Waals surface area contributed by atoms with Gasteiger partial charge < -0.3 is 5.32 Å². The number of aryl methyl sites for hydroxylation is 1.